The van der Waals surface area contributed by atoms with Crippen LogP contribution in [-0.2, 0) is 10.1 Å². The Balaban J connectivity index is 3.34. The smallest absolute Gasteiger partial charge is 0.306 e. The summed E-state index contributed by atoms with van der Waals surface area (Å²) >= 11 is 0. The van der Waals surface area contributed by atoms with Gasteiger partial charge < -0.3 is 14.0 Å². The SMILES string of the molecule is COc1cc(C(C)CO)c(OS(C)(=O)=O)cc1C. The van der Waals surface area contributed by atoms with E-state index in [1.807, 2.05) is 0 Å². The first-order chi connectivity index (χ1) is 8.28. The van der Waals surface area contributed by atoms with Crippen molar-refractivity contribution in [2.24, 2.45) is 0 Å². The molecule has 1 N–H and O–H groups in total. The second-order valence-electron chi connectivity index (χ2n) is 4.23. The minimum atomic E-state index is -3.60. The van der Waals surface area contributed by atoms with Crippen LogP contribution >= 0.6 is 0 Å². The molecule has 0 aliphatic rings. The van der Waals surface area contributed by atoms with Gasteiger partial charge in [0, 0.05) is 18.1 Å². The van der Waals surface area contributed by atoms with Gasteiger partial charge in [-0.15, -0.1) is 0 Å². The Morgan fingerprint density at radius 3 is 2.39 bits per heavy atom. The highest BCUT2D eigenvalue weighted by Crippen LogP contribution is 2.33. The van der Waals surface area contributed by atoms with Crippen molar-refractivity contribution in [2.75, 3.05) is 20.0 Å². The topological polar surface area (TPSA) is 72.8 Å². The van der Waals surface area contributed by atoms with E-state index in [0.29, 0.717) is 11.3 Å². The largest absolute Gasteiger partial charge is 0.496 e. The second kappa shape index (κ2) is 5.58. The normalized spacial score (nSPS) is 13.2. The molecule has 1 unspecified atom stereocenters. The average Bonchev–Trinajstić information content (AvgIpc) is 2.26. The van der Waals surface area contributed by atoms with Crippen LogP contribution in [0.1, 0.15) is 24.0 Å². The fraction of sp³-hybridized carbons (Fsp3) is 0.500. The van der Waals surface area contributed by atoms with Gasteiger partial charge in [0.25, 0.3) is 0 Å². The number of aliphatic hydroxyl groups excluding tert-OH is 1. The molecule has 102 valence electrons. The van der Waals surface area contributed by atoms with Crippen LogP contribution in [0.15, 0.2) is 12.1 Å². The second-order valence-corrected chi connectivity index (χ2v) is 5.81. The Kier molecular flexibility index (Phi) is 4.59. The molecule has 6 heteroatoms. The third kappa shape index (κ3) is 3.61. The first-order valence-corrected chi connectivity index (χ1v) is 7.29. The maximum atomic E-state index is 11.2. The van der Waals surface area contributed by atoms with E-state index in [9.17, 15) is 13.5 Å². The highest BCUT2D eigenvalue weighted by Gasteiger charge is 2.17. The zero-order chi connectivity index (χ0) is 13.9. The molecule has 0 aliphatic heterocycles. The summed E-state index contributed by atoms with van der Waals surface area (Å²) < 4.78 is 32.5. The van der Waals surface area contributed by atoms with Crippen LogP contribution in [0.3, 0.4) is 0 Å². The van der Waals surface area contributed by atoms with Crippen molar-refractivity contribution >= 4 is 10.1 Å². The number of benzene rings is 1. The lowest BCUT2D eigenvalue weighted by Gasteiger charge is -2.17. The molecule has 1 aromatic rings. The van der Waals surface area contributed by atoms with Gasteiger partial charge in [-0.2, -0.15) is 8.42 Å². The summed E-state index contributed by atoms with van der Waals surface area (Å²) in [5.41, 5.74) is 1.37. The van der Waals surface area contributed by atoms with Gasteiger partial charge in [-0.3, -0.25) is 0 Å². The highest BCUT2D eigenvalue weighted by molar-refractivity contribution is 7.86. The van der Waals surface area contributed by atoms with Crippen molar-refractivity contribution in [3.63, 3.8) is 0 Å². The Morgan fingerprint density at radius 1 is 1.33 bits per heavy atom. The molecular formula is C12H18O5S. The van der Waals surface area contributed by atoms with E-state index in [1.165, 1.54) is 7.11 Å². The Hall–Kier alpha value is -1.27. The van der Waals surface area contributed by atoms with Crippen molar-refractivity contribution in [3.8, 4) is 11.5 Å². The summed E-state index contributed by atoms with van der Waals surface area (Å²) in [6.07, 6.45) is 0.986. The van der Waals surface area contributed by atoms with E-state index in [1.54, 1.807) is 26.0 Å². The molecule has 0 aromatic heterocycles. The molecule has 0 amide bonds. The summed E-state index contributed by atoms with van der Waals surface area (Å²) in [6.45, 7) is 3.47. The van der Waals surface area contributed by atoms with E-state index < -0.39 is 10.1 Å². The van der Waals surface area contributed by atoms with Crippen LogP contribution in [0, 0.1) is 6.92 Å². The van der Waals surface area contributed by atoms with Crippen LogP contribution in [0.4, 0.5) is 0 Å². The van der Waals surface area contributed by atoms with E-state index in [2.05, 4.69) is 0 Å². The van der Waals surface area contributed by atoms with Crippen LogP contribution in [0.25, 0.3) is 0 Å². The number of hydrogen-bond acceptors (Lipinski definition) is 5. The predicted octanol–water partition coefficient (Wildman–Crippen LogP) is 1.44. The lowest BCUT2D eigenvalue weighted by atomic mass is 9.99. The van der Waals surface area contributed by atoms with Crippen LogP contribution in [0.5, 0.6) is 11.5 Å². The molecule has 5 nitrogen and oxygen atoms in total. The number of ether oxygens (including phenoxy) is 1. The maximum absolute atomic E-state index is 11.2. The van der Waals surface area contributed by atoms with E-state index in [4.69, 9.17) is 8.92 Å². The number of aliphatic hydroxyl groups is 1. The minimum absolute atomic E-state index is 0.105. The lowest BCUT2D eigenvalue weighted by Crippen LogP contribution is -2.10. The molecule has 0 radical (unpaired) electrons. The molecule has 0 aliphatic carbocycles. The van der Waals surface area contributed by atoms with Crippen molar-refractivity contribution in [2.45, 2.75) is 19.8 Å². The molecule has 0 heterocycles. The van der Waals surface area contributed by atoms with Gasteiger partial charge >= 0.3 is 10.1 Å². The third-order valence-corrected chi connectivity index (χ3v) is 3.06. The van der Waals surface area contributed by atoms with Crippen molar-refractivity contribution < 1.29 is 22.4 Å². The summed E-state index contributed by atoms with van der Waals surface area (Å²) in [7, 11) is -2.07. The lowest BCUT2D eigenvalue weighted by molar-refractivity contribution is 0.271. The number of aryl methyl sites for hydroxylation is 1. The molecule has 1 aromatic carbocycles. The molecule has 0 fully saturated rings. The van der Waals surface area contributed by atoms with E-state index in [-0.39, 0.29) is 18.3 Å². The summed E-state index contributed by atoms with van der Waals surface area (Å²) in [5, 5.41) is 9.20. The van der Waals surface area contributed by atoms with Gasteiger partial charge in [0.1, 0.15) is 11.5 Å². The van der Waals surface area contributed by atoms with Gasteiger partial charge in [0.2, 0.25) is 0 Å². The molecule has 1 rings (SSSR count). The fourth-order valence-corrected chi connectivity index (χ4v) is 2.09. The standard InChI is InChI=1S/C12H18O5S/c1-8-5-12(17-18(4,14)15)10(9(2)7-13)6-11(8)16-3/h5-6,9,13H,7H2,1-4H3. The molecule has 0 bridgehead atoms. The molecule has 0 spiro atoms. The summed E-state index contributed by atoms with van der Waals surface area (Å²) in [6, 6.07) is 3.29. The molecule has 0 saturated carbocycles. The maximum Gasteiger partial charge on any atom is 0.306 e. The van der Waals surface area contributed by atoms with E-state index >= 15 is 0 Å². The van der Waals surface area contributed by atoms with Gasteiger partial charge in [0.05, 0.1) is 13.4 Å². The Bertz CT molecular complexity index is 522. The van der Waals surface area contributed by atoms with Crippen molar-refractivity contribution in [3.05, 3.63) is 23.3 Å². The molecular weight excluding hydrogens is 256 g/mol. The number of rotatable bonds is 5. The van der Waals surface area contributed by atoms with Gasteiger partial charge in [-0.1, -0.05) is 6.92 Å². The molecule has 1 atom stereocenters. The Morgan fingerprint density at radius 2 is 1.94 bits per heavy atom. The monoisotopic (exact) mass is 274 g/mol. The molecule has 18 heavy (non-hydrogen) atoms. The summed E-state index contributed by atoms with van der Waals surface area (Å²) in [4.78, 5) is 0. The van der Waals surface area contributed by atoms with Crippen LogP contribution in [0.2, 0.25) is 0 Å². The van der Waals surface area contributed by atoms with Gasteiger partial charge in [-0.05, 0) is 24.6 Å². The zero-order valence-electron chi connectivity index (χ0n) is 10.9. The fourth-order valence-electron chi connectivity index (χ4n) is 1.62. The van der Waals surface area contributed by atoms with Gasteiger partial charge in [0.15, 0.2) is 0 Å². The number of methoxy groups -OCH3 is 1. The van der Waals surface area contributed by atoms with E-state index in [0.717, 1.165) is 11.8 Å². The zero-order valence-corrected chi connectivity index (χ0v) is 11.7. The van der Waals surface area contributed by atoms with Crippen molar-refractivity contribution in [1.82, 2.24) is 0 Å². The van der Waals surface area contributed by atoms with Gasteiger partial charge in [-0.25, -0.2) is 0 Å². The molecule has 0 saturated heterocycles. The van der Waals surface area contributed by atoms with Crippen LogP contribution < -0.4 is 8.92 Å². The Labute approximate surface area is 107 Å². The predicted molar refractivity (Wildman–Crippen MR) is 68.7 cm³/mol. The quantitative estimate of drug-likeness (QED) is 0.822. The minimum Gasteiger partial charge on any atom is -0.496 e. The summed E-state index contributed by atoms with van der Waals surface area (Å²) in [5.74, 6) is 0.625. The average molecular weight is 274 g/mol. The first kappa shape index (κ1) is 14.8. The van der Waals surface area contributed by atoms with Crippen molar-refractivity contribution in [1.29, 1.82) is 0 Å². The third-order valence-electron chi connectivity index (χ3n) is 2.57. The first-order valence-electron chi connectivity index (χ1n) is 5.47. The van der Waals surface area contributed by atoms with Crippen LogP contribution in [-0.4, -0.2) is 33.5 Å². The number of hydrogen-bond donors (Lipinski definition) is 1. The highest BCUT2D eigenvalue weighted by atomic mass is 32.2.